The largest absolute Gasteiger partial charge is 0.352 e. The maximum Gasteiger partial charge on any atom is 0.230 e. The molecule has 0 bridgehead atoms. The normalized spacial score (nSPS) is 21.6. The van der Waals surface area contributed by atoms with Crippen molar-refractivity contribution in [1.82, 2.24) is 20.2 Å². The summed E-state index contributed by atoms with van der Waals surface area (Å²) in [5.41, 5.74) is 1.15. The van der Waals surface area contributed by atoms with E-state index in [1.807, 2.05) is 18.2 Å². The molecule has 1 saturated carbocycles. The highest BCUT2D eigenvalue weighted by molar-refractivity contribution is 7.99. The van der Waals surface area contributed by atoms with Gasteiger partial charge in [-0.3, -0.25) is 4.79 Å². The molecule has 1 amide bonds. The molecule has 1 fully saturated rings. The van der Waals surface area contributed by atoms with Crippen molar-refractivity contribution >= 4 is 28.4 Å². The Labute approximate surface area is 181 Å². The Morgan fingerprint density at radius 1 is 1.17 bits per heavy atom. The zero-order chi connectivity index (χ0) is 21.1. The summed E-state index contributed by atoms with van der Waals surface area (Å²) >= 11 is 1.33. The van der Waals surface area contributed by atoms with Crippen LogP contribution in [0.15, 0.2) is 47.6 Å². The van der Waals surface area contributed by atoms with Crippen LogP contribution >= 0.6 is 11.8 Å². The Kier molecular flexibility index (Phi) is 6.27. The SMILES string of the molecule is C[C@@H]1[C@@H](C)CCC[C@H]1NC(=O)CSc1nnc(Cc2cccc3ccccc23)n1N. The molecule has 7 heteroatoms. The molecule has 0 spiro atoms. The number of rotatable bonds is 6. The predicted octanol–water partition coefficient (Wildman–Crippen LogP) is 3.77. The molecular formula is C23H29N5OS. The van der Waals surface area contributed by atoms with Gasteiger partial charge in [-0.1, -0.05) is 80.9 Å². The smallest absolute Gasteiger partial charge is 0.230 e. The van der Waals surface area contributed by atoms with E-state index in [1.54, 1.807) is 0 Å². The molecule has 1 aliphatic carbocycles. The molecule has 2 aromatic carbocycles. The van der Waals surface area contributed by atoms with E-state index in [-0.39, 0.29) is 11.9 Å². The molecule has 6 nitrogen and oxygen atoms in total. The number of benzene rings is 2. The number of thioether (sulfide) groups is 1. The van der Waals surface area contributed by atoms with E-state index in [9.17, 15) is 4.79 Å². The fourth-order valence-corrected chi connectivity index (χ4v) is 4.99. The van der Waals surface area contributed by atoms with Crippen LogP contribution in [0.1, 0.15) is 44.5 Å². The van der Waals surface area contributed by atoms with Crippen LogP contribution in [0.5, 0.6) is 0 Å². The lowest BCUT2D eigenvalue weighted by atomic mass is 9.78. The molecule has 0 aliphatic heterocycles. The quantitative estimate of drug-likeness (QED) is 0.466. The Hall–Kier alpha value is -2.54. The molecule has 3 atom stereocenters. The maximum absolute atomic E-state index is 12.5. The van der Waals surface area contributed by atoms with Crippen LogP contribution in [-0.4, -0.2) is 32.6 Å². The minimum Gasteiger partial charge on any atom is -0.352 e. The predicted molar refractivity (Wildman–Crippen MR) is 122 cm³/mol. The molecular weight excluding hydrogens is 394 g/mol. The van der Waals surface area contributed by atoms with Crippen molar-refractivity contribution in [2.45, 2.75) is 50.7 Å². The lowest BCUT2D eigenvalue weighted by Gasteiger charge is -2.34. The van der Waals surface area contributed by atoms with Gasteiger partial charge >= 0.3 is 0 Å². The second-order valence-corrected chi connectivity index (χ2v) is 9.26. The Morgan fingerprint density at radius 3 is 2.83 bits per heavy atom. The first-order valence-electron chi connectivity index (χ1n) is 10.6. The van der Waals surface area contributed by atoms with Gasteiger partial charge in [0.1, 0.15) is 0 Å². The third kappa shape index (κ3) is 4.46. The van der Waals surface area contributed by atoms with Crippen molar-refractivity contribution in [3.8, 4) is 0 Å². The number of aromatic nitrogens is 3. The van der Waals surface area contributed by atoms with Crippen molar-refractivity contribution in [3.05, 3.63) is 53.9 Å². The molecule has 0 unspecified atom stereocenters. The molecule has 0 radical (unpaired) electrons. The first-order chi connectivity index (χ1) is 14.5. The van der Waals surface area contributed by atoms with Gasteiger partial charge in [0.05, 0.1) is 5.75 Å². The topological polar surface area (TPSA) is 85.8 Å². The number of fused-ring (bicyclic) bond motifs is 1. The number of amides is 1. The lowest BCUT2D eigenvalue weighted by molar-refractivity contribution is -0.120. The van der Waals surface area contributed by atoms with Crippen molar-refractivity contribution in [2.75, 3.05) is 11.6 Å². The average Bonchev–Trinajstić information content (AvgIpc) is 3.09. The molecule has 0 saturated heterocycles. The number of nitrogens with one attached hydrogen (secondary N) is 1. The summed E-state index contributed by atoms with van der Waals surface area (Å²) in [6.07, 6.45) is 4.08. The Bertz CT molecular complexity index is 1030. The van der Waals surface area contributed by atoms with E-state index < -0.39 is 0 Å². The number of carbonyl (C=O) groups is 1. The number of nitrogen functional groups attached to an aromatic ring is 1. The molecule has 1 aliphatic rings. The van der Waals surface area contributed by atoms with Crippen LogP contribution in [0.25, 0.3) is 10.8 Å². The van der Waals surface area contributed by atoms with Gasteiger partial charge in [0.15, 0.2) is 5.82 Å². The fourth-order valence-electron chi connectivity index (χ4n) is 4.31. The summed E-state index contributed by atoms with van der Waals surface area (Å²) < 4.78 is 1.50. The van der Waals surface area contributed by atoms with Gasteiger partial charge in [-0.05, 0) is 34.6 Å². The van der Waals surface area contributed by atoms with Crippen LogP contribution in [0.4, 0.5) is 0 Å². The van der Waals surface area contributed by atoms with E-state index in [1.165, 1.54) is 40.1 Å². The summed E-state index contributed by atoms with van der Waals surface area (Å²) in [6, 6.07) is 14.8. The number of carbonyl (C=O) groups excluding carboxylic acids is 1. The molecule has 158 valence electrons. The van der Waals surface area contributed by atoms with E-state index >= 15 is 0 Å². The number of nitrogens with zero attached hydrogens (tertiary/aromatic N) is 3. The van der Waals surface area contributed by atoms with Crippen molar-refractivity contribution in [3.63, 3.8) is 0 Å². The van der Waals surface area contributed by atoms with E-state index in [2.05, 4.69) is 53.6 Å². The molecule has 3 aromatic rings. The van der Waals surface area contributed by atoms with Crippen molar-refractivity contribution in [1.29, 1.82) is 0 Å². The third-order valence-corrected chi connectivity index (χ3v) is 7.29. The van der Waals surface area contributed by atoms with Crippen LogP contribution in [-0.2, 0) is 11.2 Å². The highest BCUT2D eigenvalue weighted by Crippen LogP contribution is 2.29. The lowest BCUT2D eigenvalue weighted by Crippen LogP contribution is -2.44. The van der Waals surface area contributed by atoms with Crippen LogP contribution in [0.2, 0.25) is 0 Å². The summed E-state index contributed by atoms with van der Waals surface area (Å²) in [5, 5.41) is 14.6. The molecule has 1 aromatic heterocycles. The first-order valence-corrected chi connectivity index (χ1v) is 11.6. The van der Waals surface area contributed by atoms with Gasteiger partial charge in [-0.15, -0.1) is 10.2 Å². The summed E-state index contributed by atoms with van der Waals surface area (Å²) in [4.78, 5) is 12.5. The minimum atomic E-state index is 0.0320. The van der Waals surface area contributed by atoms with E-state index in [0.29, 0.717) is 35.0 Å². The minimum absolute atomic E-state index is 0.0320. The molecule has 3 N–H and O–H groups in total. The average molecular weight is 424 g/mol. The van der Waals surface area contributed by atoms with Crippen molar-refractivity contribution in [2.24, 2.45) is 11.8 Å². The second kappa shape index (κ2) is 9.08. The zero-order valence-corrected chi connectivity index (χ0v) is 18.4. The number of nitrogens with two attached hydrogens (primary N) is 1. The van der Waals surface area contributed by atoms with E-state index in [4.69, 9.17) is 5.84 Å². The summed E-state index contributed by atoms with van der Waals surface area (Å²) in [6.45, 7) is 4.50. The zero-order valence-electron chi connectivity index (χ0n) is 17.5. The van der Waals surface area contributed by atoms with Gasteiger partial charge in [0.2, 0.25) is 11.1 Å². The molecule has 1 heterocycles. The Balaban J connectivity index is 1.38. The fraction of sp³-hybridized carbons (Fsp3) is 0.435. The highest BCUT2D eigenvalue weighted by atomic mass is 32.2. The van der Waals surface area contributed by atoms with Crippen LogP contribution in [0.3, 0.4) is 0 Å². The van der Waals surface area contributed by atoms with Gasteiger partial charge in [0, 0.05) is 12.5 Å². The standard InChI is InChI=1S/C23H29N5OS/c1-15-7-5-12-20(16(15)2)25-22(29)14-30-23-27-26-21(28(23)24)13-18-10-6-9-17-8-3-4-11-19(17)18/h3-4,6,8-11,15-16,20H,5,7,12-14,24H2,1-2H3,(H,25,29)/t15-,16+,20+/m0/s1. The van der Waals surface area contributed by atoms with Crippen LogP contribution in [0, 0.1) is 11.8 Å². The van der Waals surface area contributed by atoms with Crippen LogP contribution < -0.4 is 11.2 Å². The van der Waals surface area contributed by atoms with Crippen molar-refractivity contribution < 1.29 is 4.79 Å². The van der Waals surface area contributed by atoms with E-state index in [0.717, 1.165) is 12.0 Å². The summed E-state index contributed by atoms with van der Waals surface area (Å²) in [7, 11) is 0. The number of hydrogen-bond acceptors (Lipinski definition) is 5. The third-order valence-electron chi connectivity index (χ3n) is 6.35. The second-order valence-electron chi connectivity index (χ2n) is 8.31. The Morgan fingerprint density at radius 2 is 1.97 bits per heavy atom. The van der Waals surface area contributed by atoms with Gasteiger partial charge in [-0.2, -0.15) is 0 Å². The van der Waals surface area contributed by atoms with Gasteiger partial charge < -0.3 is 11.2 Å². The van der Waals surface area contributed by atoms with Gasteiger partial charge in [-0.25, -0.2) is 4.68 Å². The molecule has 30 heavy (non-hydrogen) atoms. The maximum atomic E-state index is 12.5. The highest BCUT2D eigenvalue weighted by Gasteiger charge is 2.28. The molecule has 4 rings (SSSR count). The first kappa shape index (κ1) is 20.7. The monoisotopic (exact) mass is 423 g/mol. The van der Waals surface area contributed by atoms with Gasteiger partial charge in [0.25, 0.3) is 0 Å². The summed E-state index contributed by atoms with van der Waals surface area (Å²) in [5.74, 6) is 8.42. The number of hydrogen-bond donors (Lipinski definition) is 2.